The van der Waals surface area contributed by atoms with Crippen molar-refractivity contribution in [1.82, 2.24) is 4.98 Å². The minimum Gasteiger partial charge on any atom is -0.383 e. The molecule has 0 aliphatic heterocycles. The van der Waals surface area contributed by atoms with Crippen molar-refractivity contribution < 1.29 is 4.92 Å². The number of nitrogens with zero attached hydrogens (tertiary/aromatic N) is 2. The first-order valence-corrected chi connectivity index (χ1v) is 6.02. The summed E-state index contributed by atoms with van der Waals surface area (Å²) < 4.78 is 0. The fourth-order valence-corrected chi connectivity index (χ4v) is 1.88. The van der Waals surface area contributed by atoms with Crippen molar-refractivity contribution in [3.63, 3.8) is 0 Å². The van der Waals surface area contributed by atoms with Gasteiger partial charge in [0.15, 0.2) is 0 Å². The molecule has 6 nitrogen and oxygen atoms in total. The number of hydrogen-bond donors (Lipinski definition) is 2. The fourth-order valence-electron chi connectivity index (χ4n) is 1.88. The third kappa shape index (κ3) is 2.97. The molecule has 3 N–H and O–H groups in total. The van der Waals surface area contributed by atoms with Gasteiger partial charge < -0.3 is 11.1 Å². The van der Waals surface area contributed by atoms with Crippen molar-refractivity contribution in [3.8, 4) is 0 Å². The van der Waals surface area contributed by atoms with Crippen LogP contribution in [0.2, 0.25) is 0 Å². The third-order valence-corrected chi connectivity index (χ3v) is 2.75. The van der Waals surface area contributed by atoms with Gasteiger partial charge in [0, 0.05) is 41.5 Å². The second-order valence-electron chi connectivity index (χ2n) is 4.63. The first-order chi connectivity index (χ1) is 8.97. The quantitative estimate of drug-likeness (QED) is 0.649. The summed E-state index contributed by atoms with van der Waals surface area (Å²) in [5.74, 6) is 0. The van der Waals surface area contributed by atoms with Crippen LogP contribution >= 0.6 is 0 Å². The Balaban J connectivity index is 2.52. The van der Waals surface area contributed by atoms with E-state index in [2.05, 4.69) is 10.3 Å². The van der Waals surface area contributed by atoms with Crippen LogP contribution in [0.3, 0.4) is 0 Å². The van der Waals surface area contributed by atoms with E-state index in [1.54, 1.807) is 6.07 Å². The zero-order chi connectivity index (χ0) is 14.0. The van der Waals surface area contributed by atoms with Gasteiger partial charge in [-0.05, 0) is 26.0 Å². The molecule has 1 heterocycles. The highest BCUT2D eigenvalue weighted by Gasteiger charge is 2.10. The highest BCUT2D eigenvalue weighted by atomic mass is 16.6. The largest absolute Gasteiger partial charge is 0.383 e. The predicted octanol–water partition coefficient (Wildman–Crippen LogP) is 2.21. The van der Waals surface area contributed by atoms with Crippen LogP contribution < -0.4 is 11.1 Å². The van der Waals surface area contributed by atoms with Crippen LogP contribution in [0.15, 0.2) is 24.3 Å². The molecule has 2 aromatic rings. The topological polar surface area (TPSA) is 94.1 Å². The lowest BCUT2D eigenvalue weighted by Gasteiger charge is -2.12. The molecule has 0 fully saturated rings. The SMILES string of the molecule is Cc1cc(NCC(C)N)c2cc([N+](=O)[O-])ccc2n1. The highest BCUT2D eigenvalue weighted by molar-refractivity contribution is 5.93. The standard InChI is InChI=1S/C13H16N4O2/c1-8(14)7-15-13-5-9(2)16-12-4-3-10(17(18)19)6-11(12)13/h3-6,8H,7,14H2,1-2H3,(H,15,16). The Morgan fingerprint density at radius 3 is 2.84 bits per heavy atom. The molecular formula is C13H16N4O2. The smallest absolute Gasteiger partial charge is 0.270 e. The normalized spacial score (nSPS) is 12.4. The Morgan fingerprint density at radius 2 is 2.21 bits per heavy atom. The molecule has 0 amide bonds. The molecule has 0 saturated carbocycles. The van der Waals surface area contributed by atoms with E-state index >= 15 is 0 Å². The van der Waals surface area contributed by atoms with Crippen LogP contribution in [0.4, 0.5) is 11.4 Å². The van der Waals surface area contributed by atoms with Crippen molar-refractivity contribution in [1.29, 1.82) is 0 Å². The summed E-state index contributed by atoms with van der Waals surface area (Å²) in [4.78, 5) is 14.8. The van der Waals surface area contributed by atoms with Gasteiger partial charge in [0.05, 0.1) is 10.4 Å². The van der Waals surface area contributed by atoms with E-state index in [0.29, 0.717) is 6.54 Å². The van der Waals surface area contributed by atoms with Crippen molar-refractivity contribution >= 4 is 22.3 Å². The number of aryl methyl sites for hydroxylation is 1. The van der Waals surface area contributed by atoms with E-state index in [9.17, 15) is 10.1 Å². The fraction of sp³-hybridized carbons (Fsp3) is 0.308. The van der Waals surface area contributed by atoms with Gasteiger partial charge in [0.2, 0.25) is 0 Å². The minimum absolute atomic E-state index is 0.00206. The molecule has 1 unspecified atom stereocenters. The molecule has 0 bridgehead atoms. The van der Waals surface area contributed by atoms with Gasteiger partial charge in [0.25, 0.3) is 5.69 Å². The second-order valence-corrected chi connectivity index (χ2v) is 4.63. The summed E-state index contributed by atoms with van der Waals surface area (Å²) in [6, 6.07) is 6.53. The summed E-state index contributed by atoms with van der Waals surface area (Å²) in [7, 11) is 0. The van der Waals surface area contributed by atoms with Crippen molar-refractivity contribution in [2.45, 2.75) is 19.9 Å². The maximum atomic E-state index is 10.8. The second kappa shape index (κ2) is 5.19. The van der Waals surface area contributed by atoms with Gasteiger partial charge in [0.1, 0.15) is 0 Å². The first kappa shape index (κ1) is 13.2. The molecule has 0 saturated heterocycles. The number of benzene rings is 1. The monoisotopic (exact) mass is 260 g/mol. The number of pyridine rings is 1. The maximum Gasteiger partial charge on any atom is 0.270 e. The van der Waals surface area contributed by atoms with E-state index < -0.39 is 4.92 Å². The van der Waals surface area contributed by atoms with Crippen LogP contribution in [0.1, 0.15) is 12.6 Å². The number of anilines is 1. The Bertz CT molecular complexity index is 625. The van der Waals surface area contributed by atoms with Crippen LogP contribution in [0.5, 0.6) is 0 Å². The Hall–Kier alpha value is -2.21. The van der Waals surface area contributed by atoms with E-state index in [4.69, 9.17) is 5.73 Å². The van der Waals surface area contributed by atoms with Gasteiger partial charge >= 0.3 is 0 Å². The van der Waals surface area contributed by atoms with Crippen molar-refractivity contribution in [2.75, 3.05) is 11.9 Å². The zero-order valence-corrected chi connectivity index (χ0v) is 10.9. The van der Waals surface area contributed by atoms with Crippen molar-refractivity contribution in [2.24, 2.45) is 5.73 Å². The Morgan fingerprint density at radius 1 is 1.47 bits per heavy atom. The molecule has 0 aliphatic carbocycles. The first-order valence-electron chi connectivity index (χ1n) is 6.02. The van der Waals surface area contributed by atoms with Crippen LogP contribution in [-0.4, -0.2) is 22.5 Å². The minimum atomic E-state index is -0.408. The number of nitrogens with one attached hydrogen (secondary N) is 1. The number of non-ortho nitro benzene ring substituents is 1. The van der Waals surface area contributed by atoms with E-state index in [1.165, 1.54) is 12.1 Å². The molecule has 1 aromatic carbocycles. The molecule has 0 radical (unpaired) electrons. The summed E-state index contributed by atoms with van der Waals surface area (Å²) >= 11 is 0. The lowest BCUT2D eigenvalue weighted by Crippen LogP contribution is -2.25. The maximum absolute atomic E-state index is 10.8. The number of aromatic nitrogens is 1. The van der Waals surface area contributed by atoms with Crippen LogP contribution in [-0.2, 0) is 0 Å². The number of nitro benzene ring substituents is 1. The van der Waals surface area contributed by atoms with E-state index in [1.807, 2.05) is 19.9 Å². The Labute approximate surface area is 110 Å². The summed E-state index contributed by atoms with van der Waals surface area (Å²) in [5.41, 5.74) is 8.18. The molecule has 0 spiro atoms. The number of hydrogen-bond acceptors (Lipinski definition) is 5. The third-order valence-electron chi connectivity index (χ3n) is 2.75. The van der Waals surface area contributed by atoms with Gasteiger partial charge in [-0.25, -0.2) is 0 Å². The summed E-state index contributed by atoms with van der Waals surface area (Å²) in [6.07, 6.45) is 0. The lowest BCUT2D eigenvalue weighted by molar-refractivity contribution is -0.384. The average Bonchev–Trinajstić information content (AvgIpc) is 2.35. The molecular weight excluding hydrogens is 244 g/mol. The zero-order valence-electron chi connectivity index (χ0n) is 10.9. The van der Waals surface area contributed by atoms with E-state index in [-0.39, 0.29) is 11.7 Å². The summed E-state index contributed by atoms with van der Waals surface area (Å²) in [5, 5.41) is 14.8. The molecule has 100 valence electrons. The van der Waals surface area contributed by atoms with Gasteiger partial charge in [-0.3, -0.25) is 15.1 Å². The lowest BCUT2D eigenvalue weighted by atomic mass is 10.1. The Kier molecular flexibility index (Phi) is 3.62. The van der Waals surface area contributed by atoms with E-state index in [0.717, 1.165) is 22.3 Å². The van der Waals surface area contributed by atoms with Gasteiger partial charge in [-0.1, -0.05) is 0 Å². The molecule has 6 heteroatoms. The molecule has 1 atom stereocenters. The van der Waals surface area contributed by atoms with Gasteiger partial charge in [-0.2, -0.15) is 0 Å². The van der Waals surface area contributed by atoms with Crippen LogP contribution in [0, 0.1) is 17.0 Å². The molecule has 2 rings (SSSR count). The number of nitro groups is 1. The number of rotatable bonds is 4. The van der Waals surface area contributed by atoms with Gasteiger partial charge in [-0.15, -0.1) is 0 Å². The number of nitrogens with two attached hydrogens (primary N) is 1. The number of fused-ring (bicyclic) bond motifs is 1. The summed E-state index contributed by atoms with van der Waals surface area (Å²) in [6.45, 7) is 4.38. The highest BCUT2D eigenvalue weighted by Crippen LogP contribution is 2.27. The molecule has 19 heavy (non-hydrogen) atoms. The predicted molar refractivity (Wildman–Crippen MR) is 75.3 cm³/mol. The molecule has 1 aromatic heterocycles. The van der Waals surface area contributed by atoms with Crippen LogP contribution in [0.25, 0.3) is 10.9 Å². The average molecular weight is 260 g/mol. The van der Waals surface area contributed by atoms with Crippen molar-refractivity contribution in [3.05, 3.63) is 40.1 Å². The molecule has 0 aliphatic rings.